The fraction of sp³-hybridized carbons (Fsp3) is 0.353. The van der Waals surface area contributed by atoms with Gasteiger partial charge in [-0.2, -0.15) is 4.31 Å². The van der Waals surface area contributed by atoms with Crippen LogP contribution in [-0.2, 0) is 10.0 Å². The van der Waals surface area contributed by atoms with Gasteiger partial charge in [-0.05, 0) is 43.2 Å². The van der Waals surface area contributed by atoms with Crippen molar-refractivity contribution in [3.05, 3.63) is 52.7 Å². The Kier molecular flexibility index (Phi) is 5.57. The molecule has 0 radical (unpaired) electrons. The second-order valence-electron chi connectivity index (χ2n) is 6.16. The summed E-state index contributed by atoms with van der Waals surface area (Å²) in [6.45, 7) is 0.776. The molecule has 1 aromatic carbocycles. The summed E-state index contributed by atoms with van der Waals surface area (Å²) in [6, 6.07) is 9.33. The maximum atomic E-state index is 12.7. The third kappa shape index (κ3) is 4.34. The molecule has 0 atom stereocenters. The van der Waals surface area contributed by atoms with Crippen molar-refractivity contribution in [3.63, 3.8) is 0 Å². The molecule has 2 aromatic rings. The molecule has 27 heavy (non-hydrogen) atoms. The molecule has 9 nitrogen and oxygen atoms in total. The summed E-state index contributed by atoms with van der Waals surface area (Å²) in [5.41, 5.74) is -0.0686. The van der Waals surface area contributed by atoms with Crippen LogP contribution in [0.4, 0.5) is 11.5 Å². The minimum Gasteiger partial charge on any atom is -0.497 e. The van der Waals surface area contributed by atoms with E-state index in [-0.39, 0.29) is 16.6 Å². The lowest BCUT2D eigenvalue weighted by Gasteiger charge is -2.31. The van der Waals surface area contributed by atoms with Gasteiger partial charge in [0.15, 0.2) is 0 Å². The number of piperidine rings is 1. The number of hydrogen-bond acceptors (Lipinski definition) is 7. The number of hydrogen-bond donors (Lipinski definition) is 1. The Morgan fingerprint density at radius 2 is 1.85 bits per heavy atom. The topological polar surface area (TPSA) is 115 Å². The van der Waals surface area contributed by atoms with Crippen LogP contribution < -0.4 is 10.1 Å². The van der Waals surface area contributed by atoms with Crippen LogP contribution in [0.15, 0.2) is 47.5 Å². The first-order valence-electron chi connectivity index (χ1n) is 8.41. The van der Waals surface area contributed by atoms with Crippen LogP contribution in [0.2, 0.25) is 0 Å². The molecule has 144 valence electrons. The van der Waals surface area contributed by atoms with Crippen molar-refractivity contribution in [2.75, 3.05) is 25.5 Å². The molecule has 1 aliphatic rings. The highest BCUT2D eigenvalue weighted by Crippen LogP contribution is 2.24. The van der Waals surface area contributed by atoms with Gasteiger partial charge in [-0.1, -0.05) is 0 Å². The van der Waals surface area contributed by atoms with E-state index in [9.17, 15) is 18.5 Å². The average molecular weight is 392 g/mol. The van der Waals surface area contributed by atoms with Crippen molar-refractivity contribution >= 4 is 21.5 Å². The number of nitrogens with one attached hydrogen (secondary N) is 1. The molecular weight excluding hydrogens is 372 g/mol. The van der Waals surface area contributed by atoms with E-state index in [1.165, 1.54) is 23.7 Å². The van der Waals surface area contributed by atoms with E-state index < -0.39 is 14.9 Å². The second kappa shape index (κ2) is 7.89. The molecule has 0 amide bonds. The molecule has 1 aromatic heterocycles. The average Bonchev–Trinajstić information content (AvgIpc) is 2.69. The number of methoxy groups -OCH3 is 1. The van der Waals surface area contributed by atoms with Crippen molar-refractivity contribution < 1.29 is 18.1 Å². The van der Waals surface area contributed by atoms with Crippen molar-refractivity contribution in [2.45, 2.75) is 23.8 Å². The molecule has 0 spiro atoms. The summed E-state index contributed by atoms with van der Waals surface area (Å²) >= 11 is 0. The third-order valence-corrected chi connectivity index (χ3v) is 6.37. The highest BCUT2D eigenvalue weighted by Gasteiger charge is 2.29. The van der Waals surface area contributed by atoms with E-state index in [0.29, 0.717) is 37.5 Å². The summed E-state index contributed by atoms with van der Waals surface area (Å²) in [6.07, 6.45) is 2.44. The van der Waals surface area contributed by atoms with Gasteiger partial charge in [0.25, 0.3) is 5.69 Å². The summed E-state index contributed by atoms with van der Waals surface area (Å²) < 4.78 is 32.0. The quantitative estimate of drug-likeness (QED) is 0.592. The Balaban J connectivity index is 1.59. The molecule has 10 heteroatoms. The number of pyridine rings is 1. The second-order valence-corrected chi connectivity index (χ2v) is 8.09. The molecule has 0 unspecified atom stereocenters. The zero-order valence-corrected chi connectivity index (χ0v) is 15.6. The molecule has 1 saturated heterocycles. The molecule has 1 fully saturated rings. The minimum atomic E-state index is -3.54. The van der Waals surface area contributed by atoms with E-state index in [2.05, 4.69) is 10.3 Å². The van der Waals surface area contributed by atoms with Crippen molar-refractivity contribution in [1.82, 2.24) is 9.29 Å². The maximum absolute atomic E-state index is 12.7. The lowest BCUT2D eigenvalue weighted by Crippen LogP contribution is -2.42. The summed E-state index contributed by atoms with van der Waals surface area (Å²) in [5.74, 6) is 1.14. The van der Waals surface area contributed by atoms with E-state index in [4.69, 9.17) is 4.74 Å². The molecular formula is C17H20N4O5S. The number of nitrogens with zero attached hydrogens (tertiary/aromatic N) is 3. The third-order valence-electron chi connectivity index (χ3n) is 4.46. The molecule has 2 heterocycles. The minimum absolute atomic E-state index is 0.0567. The first-order valence-corrected chi connectivity index (χ1v) is 9.85. The number of anilines is 1. The van der Waals surface area contributed by atoms with Crippen LogP contribution in [0.5, 0.6) is 5.75 Å². The predicted octanol–water partition coefficient (Wildman–Crippen LogP) is 2.26. The van der Waals surface area contributed by atoms with Gasteiger partial charge >= 0.3 is 0 Å². The molecule has 1 aliphatic heterocycles. The number of sulfonamides is 1. The van der Waals surface area contributed by atoms with Gasteiger partial charge in [-0.15, -0.1) is 0 Å². The number of nitro groups is 1. The Hall–Kier alpha value is -2.72. The fourth-order valence-electron chi connectivity index (χ4n) is 2.93. The lowest BCUT2D eigenvalue weighted by molar-refractivity contribution is -0.385. The number of rotatable bonds is 6. The smallest absolute Gasteiger partial charge is 0.287 e. The zero-order chi connectivity index (χ0) is 19.4. The van der Waals surface area contributed by atoms with Gasteiger partial charge in [0.2, 0.25) is 10.0 Å². The van der Waals surface area contributed by atoms with Crippen LogP contribution in [0.25, 0.3) is 0 Å². The van der Waals surface area contributed by atoms with Crippen molar-refractivity contribution in [1.29, 1.82) is 0 Å². The van der Waals surface area contributed by atoms with Crippen LogP contribution in [0, 0.1) is 10.1 Å². The van der Waals surface area contributed by atoms with E-state index in [1.54, 1.807) is 30.3 Å². The largest absolute Gasteiger partial charge is 0.497 e. The predicted molar refractivity (Wildman–Crippen MR) is 99.3 cm³/mol. The van der Waals surface area contributed by atoms with Gasteiger partial charge in [-0.25, -0.2) is 13.4 Å². The number of aromatic nitrogens is 1. The van der Waals surface area contributed by atoms with Gasteiger partial charge in [0, 0.05) is 25.2 Å². The summed E-state index contributed by atoms with van der Waals surface area (Å²) in [4.78, 5) is 14.4. The first-order chi connectivity index (χ1) is 12.9. The van der Waals surface area contributed by atoms with E-state index in [1.807, 2.05) is 0 Å². The molecule has 0 aliphatic carbocycles. The standard InChI is InChI=1S/C17H20N4O5S/c1-26-15-3-5-16(6-4-15)27(24,25)20-10-8-13(9-11-20)19-17-7-2-14(12-18-17)21(22)23/h2-7,12-13H,8-11H2,1H3,(H,18,19). The van der Waals surface area contributed by atoms with Crippen LogP contribution in [0.3, 0.4) is 0 Å². The van der Waals surface area contributed by atoms with Crippen LogP contribution >= 0.6 is 0 Å². The van der Waals surface area contributed by atoms with Crippen LogP contribution in [-0.4, -0.2) is 48.9 Å². The number of ether oxygens (including phenoxy) is 1. The van der Waals surface area contributed by atoms with Crippen LogP contribution in [0.1, 0.15) is 12.8 Å². The molecule has 0 bridgehead atoms. The van der Waals surface area contributed by atoms with Crippen molar-refractivity contribution in [2.24, 2.45) is 0 Å². The SMILES string of the molecule is COc1ccc(S(=O)(=O)N2CCC(Nc3ccc([N+](=O)[O-])cn3)CC2)cc1. The highest BCUT2D eigenvalue weighted by molar-refractivity contribution is 7.89. The fourth-order valence-corrected chi connectivity index (χ4v) is 4.40. The maximum Gasteiger partial charge on any atom is 0.287 e. The Labute approximate surface area is 157 Å². The van der Waals surface area contributed by atoms with E-state index >= 15 is 0 Å². The summed E-state index contributed by atoms with van der Waals surface area (Å²) in [5, 5.41) is 13.9. The Morgan fingerprint density at radius 3 is 2.37 bits per heavy atom. The molecule has 3 rings (SSSR count). The van der Waals surface area contributed by atoms with Gasteiger partial charge < -0.3 is 10.1 Å². The Bertz CT molecular complexity index is 892. The van der Waals surface area contributed by atoms with Crippen molar-refractivity contribution in [3.8, 4) is 5.75 Å². The molecule has 1 N–H and O–H groups in total. The monoisotopic (exact) mass is 392 g/mol. The van der Waals surface area contributed by atoms with E-state index in [0.717, 1.165) is 0 Å². The van der Waals surface area contributed by atoms with Gasteiger partial charge in [0.1, 0.15) is 17.8 Å². The molecule has 0 saturated carbocycles. The summed E-state index contributed by atoms with van der Waals surface area (Å²) in [7, 11) is -2.01. The Morgan fingerprint density at radius 1 is 1.19 bits per heavy atom. The zero-order valence-electron chi connectivity index (χ0n) is 14.7. The first kappa shape index (κ1) is 19.1. The lowest BCUT2D eigenvalue weighted by atomic mass is 10.1. The highest BCUT2D eigenvalue weighted by atomic mass is 32.2. The van der Waals surface area contributed by atoms with Gasteiger partial charge in [-0.3, -0.25) is 10.1 Å². The number of benzene rings is 1. The normalized spacial score (nSPS) is 16.0. The van der Waals surface area contributed by atoms with Gasteiger partial charge in [0.05, 0.1) is 16.9 Å².